The molecule has 2 aromatic rings. The van der Waals surface area contributed by atoms with Crippen molar-refractivity contribution in [2.45, 2.75) is 57.4 Å². The number of aryl methyl sites for hydroxylation is 3. The van der Waals surface area contributed by atoms with Gasteiger partial charge in [0.2, 0.25) is 10.0 Å². The van der Waals surface area contributed by atoms with Gasteiger partial charge in [-0.1, -0.05) is 31.0 Å². The van der Waals surface area contributed by atoms with Gasteiger partial charge in [-0.2, -0.15) is 4.31 Å². The molecule has 5 heteroatoms. The van der Waals surface area contributed by atoms with Crippen LogP contribution in [0.4, 0.5) is 4.39 Å². The Morgan fingerprint density at radius 3 is 2.42 bits per heavy atom. The molecule has 1 saturated heterocycles. The Kier molecular flexibility index (Phi) is 5.49. The monoisotopic (exact) mass is 375 g/mol. The zero-order chi connectivity index (χ0) is 18.9. The minimum absolute atomic E-state index is 0.320. The molecule has 0 radical (unpaired) electrons. The molecule has 0 spiro atoms. The minimum Gasteiger partial charge on any atom is -0.207 e. The summed E-state index contributed by atoms with van der Waals surface area (Å²) < 4.78 is 42.4. The third-order valence-corrected chi connectivity index (χ3v) is 7.37. The summed E-state index contributed by atoms with van der Waals surface area (Å²) in [6, 6.07) is 9.72. The van der Waals surface area contributed by atoms with E-state index in [1.807, 2.05) is 32.9 Å². The highest BCUT2D eigenvalue weighted by Crippen LogP contribution is 2.36. The number of benzene rings is 2. The lowest BCUT2D eigenvalue weighted by Crippen LogP contribution is -2.35. The maximum absolute atomic E-state index is 13.8. The quantitative estimate of drug-likeness (QED) is 0.752. The molecule has 1 atom stereocenters. The molecule has 1 unspecified atom stereocenters. The van der Waals surface area contributed by atoms with Crippen LogP contribution in [0.25, 0.3) is 0 Å². The van der Waals surface area contributed by atoms with E-state index in [1.54, 1.807) is 16.4 Å². The number of hydrogen-bond donors (Lipinski definition) is 0. The van der Waals surface area contributed by atoms with Gasteiger partial charge in [-0.25, -0.2) is 12.8 Å². The minimum atomic E-state index is -3.65. The Morgan fingerprint density at radius 1 is 0.962 bits per heavy atom. The Balaban J connectivity index is 2.09. The van der Waals surface area contributed by atoms with E-state index >= 15 is 0 Å². The summed E-state index contributed by atoms with van der Waals surface area (Å²) in [5.74, 6) is -0.327. The first-order valence-electron chi connectivity index (χ1n) is 9.16. The Hall–Kier alpha value is -1.72. The summed E-state index contributed by atoms with van der Waals surface area (Å²) in [5.41, 5.74) is 3.54. The molecule has 0 aliphatic carbocycles. The van der Waals surface area contributed by atoms with E-state index in [2.05, 4.69) is 0 Å². The van der Waals surface area contributed by atoms with E-state index in [4.69, 9.17) is 0 Å². The maximum atomic E-state index is 13.8. The smallest absolute Gasteiger partial charge is 0.207 e. The van der Waals surface area contributed by atoms with Crippen LogP contribution >= 0.6 is 0 Å². The lowest BCUT2D eigenvalue weighted by atomic mass is 10.0. The highest BCUT2D eigenvalue weighted by molar-refractivity contribution is 7.89. The first-order valence-corrected chi connectivity index (χ1v) is 10.6. The van der Waals surface area contributed by atoms with Gasteiger partial charge in [0.25, 0.3) is 0 Å². The number of sulfonamides is 1. The number of nitrogens with zero attached hydrogens (tertiary/aromatic N) is 1. The van der Waals surface area contributed by atoms with Gasteiger partial charge in [0.15, 0.2) is 0 Å². The molecule has 0 N–H and O–H groups in total. The predicted octanol–water partition coefficient (Wildman–Crippen LogP) is 5.06. The standard InChI is InChI=1S/C21H26FNO2S/c1-15-12-17(3)21(13-16(15)2)26(24,25)23-11-6-4-5-10-20(23)18-8-7-9-19(22)14-18/h7-9,12-14,20H,4-6,10-11H2,1-3H3. The molecule has 3 nitrogen and oxygen atoms in total. The molecule has 0 saturated carbocycles. The van der Waals surface area contributed by atoms with E-state index < -0.39 is 10.0 Å². The van der Waals surface area contributed by atoms with E-state index in [0.717, 1.165) is 41.5 Å². The van der Waals surface area contributed by atoms with Crippen LogP contribution in [0, 0.1) is 26.6 Å². The third kappa shape index (κ3) is 3.69. The molecule has 1 fully saturated rings. The van der Waals surface area contributed by atoms with Gasteiger partial charge < -0.3 is 0 Å². The zero-order valence-electron chi connectivity index (χ0n) is 15.6. The summed E-state index contributed by atoms with van der Waals surface area (Å²) in [4.78, 5) is 0.365. The van der Waals surface area contributed by atoms with Gasteiger partial charge in [-0.3, -0.25) is 0 Å². The van der Waals surface area contributed by atoms with Crippen LogP contribution in [-0.4, -0.2) is 19.3 Å². The van der Waals surface area contributed by atoms with Crippen molar-refractivity contribution >= 4 is 10.0 Å². The van der Waals surface area contributed by atoms with E-state index in [9.17, 15) is 12.8 Å². The topological polar surface area (TPSA) is 37.4 Å². The molecule has 0 aromatic heterocycles. The molecule has 3 rings (SSSR count). The normalized spacial score (nSPS) is 19.3. The van der Waals surface area contributed by atoms with Gasteiger partial charge in [0.1, 0.15) is 5.82 Å². The average molecular weight is 376 g/mol. The SMILES string of the molecule is Cc1cc(C)c(S(=O)(=O)N2CCCCCC2c2cccc(F)c2)cc1C. The van der Waals surface area contributed by atoms with Crippen molar-refractivity contribution in [3.05, 3.63) is 64.5 Å². The Morgan fingerprint density at radius 2 is 1.69 bits per heavy atom. The molecule has 140 valence electrons. The summed E-state index contributed by atoms with van der Waals surface area (Å²) in [6.45, 7) is 6.23. The van der Waals surface area contributed by atoms with Crippen molar-refractivity contribution in [2.24, 2.45) is 0 Å². The largest absolute Gasteiger partial charge is 0.243 e. The van der Waals surface area contributed by atoms with Crippen molar-refractivity contribution in [1.82, 2.24) is 4.31 Å². The van der Waals surface area contributed by atoms with E-state index in [0.29, 0.717) is 17.9 Å². The molecular weight excluding hydrogens is 349 g/mol. The second-order valence-corrected chi connectivity index (χ2v) is 9.10. The summed E-state index contributed by atoms with van der Waals surface area (Å²) in [7, 11) is -3.65. The van der Waals surface area contributed by atoms with Crippen molar-refractivity contribution in [2.75, 3.05) is 6.54 Å². The molecule has 2 aromatic carbocycles. The fourth-order valence-corrected chi connectivity index (χ4v) is 5.73. The molecule has 1 aliphatic rings. The highest BCUT2D eigenvalue weighted by Gasteiger charge is 2.34. The molecule has 1 aliphatic heterocycles. The first-order chi connectivity index (χ1) is 12.3. The van der Waals surface area contributed by atoms with E-state index in [1.165, 1.54) is 12.1 Å². The van der Waals surface area contributed by atoms with Gasteiger partial charge in [-0.15, -0.1) is 0 Å². The number of hydrogen-bond acceptors (Lipinski definition) is 2. The van der Waals surface area contributed by atoms with Gasteiger partial charge in [0.05, 0.1) is 10.9 Å². The van der Waals surface area contributed by atoms with Crippen molar-refractivity contribution in [3.8, 4) is 0 Å². The molecule has 1 heterocycles. The molecular formula is C21H26FNO2S. The number of halogens is 1. The third-order valence-electron chi connectivity index (χ3n) is 5.32. The van der Waals surface area contributed by atoms with E-state index in [-0.39, 0.29) is 11.9 Å². The maximum Gasteiger partial charge on any atom is 0.243 e. The van der Waals surface area contributed by atoms with Gasteiger partial charge >= 0.3 is 0 Å². The summed E-state index contributed by atoms with van der Waals surface area (Å²) in [6.07, 6.45) is 3.48. The highest BCUT2D eigenvalue weighted by atomic mass is 32.2. The second kappa shape index (κ2) is 7.49. The van der Waals surface area contributed by atoms with Crippen LogP contribution in [0.15, 0.2) is 41.3 Å². The molecule has 0 amide bonds. The first kappa shape index (κ1) is 19.1. The Bertz CT molecular complexity index is 908. The number of rotatable bonds is 3. The van der Waals surface area contributed by atoms with Crippen molar-refractivity contribution in [3.63, 3.8) is 0 Å². The summed E-state index contributed by atoms with van der Waals surface area (Å²) in [5, 5.41) is 0. The second-order valence-electron chi connectivity index (χ2n) is 7.24. The molecule has 0 bridgehead atoms. The fraction of sp³-hybridized carbons (Fsp3) is 0.429. The predicted molar refractivity (Wildman–Crippen MR) is 102 cm³/mol. The Labute approximate surface area is 155 Å². The van der Waals surface area contributed by atoms with Crippen LogP contribution in [0.3, 0.4) is 0 Å². The van der Waals surface area contributed by atoms with Gasteiger partial charge in [-0.05, 0) is 74.1 Å². The average Bonchev–Trinajstić information content (AvgIpc) is 2.84. The van der Waals surface area contributed by atoms with Crippen molar-refractivity contribution in [1.29, 1.82) is 0 Å². The summed E-state index contributed by atoms with van der Waals surface area (Å²) >= 11 is 0. The van der Waals surface area contributed by atoms with Crippen LogP contribution < -0.4 is 0 Å². The fourth-order valence-electron chi connectivity index (χ4n) is 3.75. The van der Waals surface area contributed by atoms with Crippen LogP contribution in [0.1, 0.15) is 54.0 Å². The molecule has 26 heavy (non-hydrogen) atoms. The van der Waals surface area contributed by atoms with Crippen LogP contribution in [0.5, 0.6) is 0 Å². The van der Waals surface area contributed by atoms with Crippen LogP contribution in [-0.2, 0) is 10.0 Å². The van der Waals surface area contributed by atoms with Crippen molar-refractivity contribution < 1.29 is 12.8 Å². The van der Waals surface area contributed by atoms with Gasteiger partial charge in [0, 0.05) is 6.54 Å². The lowest BCUT2D eigenvalue weighted by molar-refractivity contribution is 0.328. The zero-order valence-corrected chi connectivity index (χ0v) is 16.4. The van der Waals surface area contributed by atoms with Crippen LogP contribution in [0.2, 0.25) is 0 Å². The lowest BCUT2D eigenvalue weighted by Gasteiger charge is -2.30.